The van der Waals surface area contributed by atoms with Crippen molar-refractivity contribution in [1.82, 2.24) is 14.7 Å². The first-order chi connectivity index (χ1) is 10.2. The van der Waals surface area contributed by atoms with Gasteiger partial charge in [-0.15, -0.1) is 0 Å². The normalized spacial score (nSPS) is 25.2. The third-order valence-corrected chi connectivity index (χ3v) is 4.37. The van der Waals surface area contributed by atoms with Crippen LogP contribution in [0.2, 0.25) is 0 Å². The van der Waals surface area contributed by atoms with Gasteiger partial charge in [-0.25, -0.2) is 0 Å². The Morgan fingerprint density at radius 2 is 2.00 bits per heavy atom. The average Bonchev–Trinajstić information content (AvgIpc) is 2.52. The van der Waals surface area contributed by atoms with Crippen LogP contribution in [-0.2, 0) is 14.3 Å². The van der Waals surface area contributed by atoms with Gasteiger partial charge in [0.05, 0.1) is 12.7 Å². The molecule has 21 heavy (non-hydrogen) atoms. The van der Waals surface area contributed by atoms with E-state index in [-0.39, 0.29) is 12.0 Å². The molecule has 2 fully saturated rings. The molecule has 0 aliphatic carbocycles. The molecular formula is C15H29N3O3. The van der Waals surface area contributed by atoms with Gasteiger partial charge in [-0.2, -0.15) is 0 Å². The minimum absolute atomic E-state index is 0.131. The number of morpholine rings is 1. The summed E-state index contributed by atoms with van der Waals surface area (Å²) in [6, 6.07) is 0. The van der Waals surface area contributed by atoms with E-state index in [0.717, 1.165) is 45.7 Å². The Bertz CT molecular complexity index is 319. The number of nitrogens with zero attached hydrogens (tertiary/aromatic N) is 3. The smallest absolute Gasteiger partial charge is 0.224 e. The summed E-state index contributed by atoms with van der Waals surface area (Å²) in [7, 11) is 3.85. The number of methoxy groups -OCH3 is 1. The lowest BCUT2D eigenvalue weighted by Gasteiger charge is -2.35. The number of hydrogen-bond acceptors (Lipinski definition) is 5. The van der Waals surface area contributed by atoms with E-state index < -0.39 is 0 Å². The molecule has 2 rings (SSSR count). The fourth-order valence-corrected chi connectivity index (χ4v) is 2.85. The molecule has 2 saturated heterocycles. The van der Waals surface area contributed by atoms with Crippen molar-refractivity contribution in [2.45, 2.75) is 18.9 Å². The van der Waals surface area contributed by atoms with Crippen LogP contribution in [0.4, 0.5) is 0 Å². The number of piperazine rings is 1. The van der Waals surface area contributed by atoms with Crippen LogP contribution in [0.1, 0.15) is 12.8 Å². The van der Waals surface area contributed by atoms with E-state index in [4.69, 9.17) is 9.47 Å². The third-order valence-electron chi connectivity index (χ3n) is 4.37. The van der Waals surface area contributed by atoms with Crippen LogP contribution in [0.3, 0.4) is 0 Å². The standard InChI is InChI=1S/C15H29N3O3/c1-16-6-8-17(9-7-16)5-3-15(19)18-10-12-21-14(13-18)4-11-20-2/h14H,3-13H2,1-2H3/t14-/m1/s1. The largest absolute Gasteiger partial charge is 0.385 e. The molecule has 6 heteroatoms. The van der Waals surface area contributed by atoms with E-state index in [9.17, 15) is 4.79 Å². The van der Waals surface area contributed by atoms with Crippen LogP contribution in [-0.4, -0.2) is 99.9 Å². The molecule has 1 amide bonds. The molecule has 0 N–H and O–H groups in total. The molecule has 0 aromatic heterocycles. The van der Waals surface area contributed by atoms with Crippen LogP contribution in [0.25, 0.3) is 0 Å². The van der Waals surface area contributed by atoms with Gasteiger partial charge in [0.25, 0.3) is 0 Å². The number of carbonyl (C=O) groups is 1. The third kappa shape index (κ3) is 5.54. The van der Waals surface area contributed by atoms with E-state index in [1.165, 1.54) is 0 Å². The van der Waals surface area contributed by atoms with Gasteiger partial charge in [-0.3, -0.25) is 4.79 Å². The number of carbonyl (C=O) groups excluding carboxylic acids is 1. The molecule has 6 nitrogen and oxygen atoms in total. The van der Waals surface area contributed by atoms with Crippen LogP contribution in [0, 0.1) is 0 Å². The number of rotatable bonds is 6. The van der Waals surface area contributed by atoms with Gasteiger partial charge in [-0.05, 0) is 13.5 Å². The Labute approximate surface area is 128 Å². The van der Waals surface area contributed by atoms with Crippen molar-refractivity contribution in [3.8, 4) is 0 Å². The first-order valence-electron chi connectivity index (χ1n) is 7.98. The van der Waals surface area contributed by atoms with Crippen molar-refractivity contribution >= 4 is 5.91 Å². The van der Waals surface area contributed by atoms with Crippen molar-refractivity contribution in [3.63, 3.8) is 0 Å². The summed E-state index contributed by atoms with van der Waals surface area (Å²) in [4.78, 5) is 19.0. The van der Waals surface area contributed by atoms with E-state index in [1.54, 1.807) is 7.11 Å². The Hall–Kier alpha value is -0.690. The molecule has 0 bridgehead atoms. The van der Waals surface area contributed by atoms with Gasteiger partial charge in [0.15, 0.2) is 0 Å². The summed E-state index contributed by atoms with van der Waals surface area (Å²) in [6.07, 6.45) is 1.62. The quantitative estimate of drug-likeness (QED) is 0.685. The van der Waals surface area contributed by atoms with Crippen molar-refractivity contribution in [1.29, 1.82) is 0 Å². The minimum atomic E-state index is 0.131. The van der Waals surface area contributed by atoms with Crippen LogP contribution in [0.5, 0.6) is 0 Å². The van der Waals surface area contributed by atoms with Crippen LogP contribution >= 0.6 is 0 Å². The number of likely N-dealkylation sites (N-methyl/N-ethyl adjacent to an activating group) is 1. The maximum Gasteiger partial charge on any atom is 0.224 e. The number of amides is 1. The van der Waals surface area contributed by atoms with Gasteiger partial charge in [0.2, 0.25) is 5.91 Å². The van der Waals surface area contributed by atoms with Gasteiger partial charge in [0.1, 0.15) is 0 Å². The molecule has 2 aliphatic rings. The predicted octanol–water partition coefficient (Wildman–Crippen LogP) is -0.112. The van der Waals surface area contributed by atoms with E-state index >= 15 is 0 Å². The zero-order chi connectivity index (χ0) is 15.1. The minimum Gasteiger partial charge on any atom is -0.385 e. The van der Waals surface area contributed by atoms with Gasteiger partial charge in [0, 0.05) is 66.0 Å². The van der Waals surface area contributed by atoms with Gasteiger partial charge < -0.3 is 24.2 Å². The van der Waals surface area contributed by atoms with E-state index in [1.807, 2.05) is 4.90 Å². The molecule has 2 heterocycles. The second-order valence-electron chi connectivity index (χ2n) is 6.01. The molecule has 0 saturated carbocycles. The molecule has 122 valence electrons. The van der Waals surface area contributed by atoms with Gasteiger partial charge >= 0.3 is 0 Å². The molecular weight excluding hydrogens is 270 g/mol. The molecule has 0 radical (unpaired) electrons. The fourth-order valence-electron chi connectivity index (χ4n) is 2.85. The lowest BCUT2D eigenvalue weighted by Crippen LogP contribution is -2.48. The predicted molar refractivity (Wildman–Crippen MR) is 81.4 cm³/mol. The second-order valence-corrected chi connectivity index (χ2v) is 6.01. The molecule has 0 unspecified atom stereocenters. The second kappa shape index (κ2) is 8.68. The van der Waals surface area contributed by atoms with Crippen molar-refractivity contribution < 1.29 is 14.3 Å². The number of ether oxygens (including phenoxy) is 2. The summed E-state index contributed by atoms with van der Waals surface area (Å²) in [5.74, 6) is 0.264. The summed E-state index contributed by atoms with van der Waals surface area (Å²) in [6.45, 7) is 8.01. The highest BCUT2D eigenvalue weighted by molar-refractivity contribution is 5.76. The first-order valence-corrected chi connectivity index (χ1v) is 7.98. The Kier molecular flexibility index (Phi) is 6.89. The molecule has 1 atom stereocenters. The zero-order valence-corrected chi connectivity index (χ0v) is 13.4. The Morgan fingerprint density at radius 1 is 1.24 bits per heavy atom. The van der Waals surface area contributed by atoms with Crippen molar-refractivity contribution in [2.24, 2.45) is 0 Å². The SMILES string of the molecule is COCC[C@@H]1CN(C(=O)CCN2CCN(C)CC2)CCO1. The van der Waals surface area contributed by atoms with Gasteiger partial charge in [-0.1, -0.05) is 0 Å². The Balaban J connectivity index is 1.67. The Morgan fingerprint density at radius 3 is 2.71 bits per heavy atom. The number of hydrogen-bond donors (Lipinski definition) is 0. The summed E-state index contributed by atoms with van der Waals surface area (Å²) < 4.78 is 10.8. The molecule has 0 spiro atoms. The maximum atomic E-state index is 12.3. The molecule has 2 aliphatic heterocycles. The zero-order valence-electron chi connectivity index (χ0n) is 13.4. The highest BCUT2D eigenvalue weighted by Crippen LogP contribution is 2.11. The monoisotopic (exact) mass is 299 g/mol. The lowest BCUT2D eigenvalue weighted by molar-refractivity contribution is -0.139. The average molecular weight is 299 g/mol. The summed E-state index contributed by atoms with van der Waals surface area (Å²) >= 11 is 0. The van der Waals surface area contributed by atoms with Crippen LogP contribution in [0.15, 0.2) is 0 Å². The van der Waals surface area contributed by atoms with E-state index in [0.29, 0.717) is 26.2 Å². The molecule has 0 aromatic rings. The fraction of sp³-hybridized carbons (Fsp3) is 0.933. The van der Waals surface area contributed by atoms with E-state index in [2.05, 4.69) is 16.8 Å². The van der Waals surface area contributed by atoms with Crippen molar-refractivity contribution in [3.05, 3.63) is 0 Å². The maximum absolute atomic E-state index is 12.3. The summed E-state index contributed by atoms with van der Waals surface area (Å²) in [5.41, 5.74) is 0. The highest BCUT2D eigenvalue weighted by atomic mass is 16.5. The first kappa shape index (κ1) is 16.7. The molecule has 0 aromatic carbocycles. The van der Waals surface area contributed by atoms with Crippen LogP contribution < -0.4 is 0 Å². The highest BCUT2D eigenvalue weighted by Gasteiger charge is 2.24. The topological polar surface area (TPSA) is 45.2 Å². The van der Waals surface area contributed by atoms with Crippen molar-refractivity contribution in [2.75, 3.05) is 73.2 Å². The summed E-state index contributed by atoms with van der Waals surface area (Å²) in [5, 5.41) is 0. The lowest BCUT2D eigenvalue weighted by atomic mass is 10.2.